The maximum Gasteiger partial charge on any atom is 0.204 e. The van der Waals surface area contributed by atoms with Gasteiger partial charge in [0.25, 0.3) is 0 Å². The predicted molar refractivity (Wildman–Crippen MR) is 75.3 cm³/mol. The first-order valence-electron chi connectivity index (χ1n) is 6.27. The quantitative estimate of drug-likeness (QED) is 0.845. The third-order valence-electron chi connectivity index (χ3n) is 3.62. The van der Waals surface area contributed by atoms with Gasteiger partial charge in [0, 0.05) is 30.5 Å². The highest BCUT2D eigenvalue weighted by Crippen LogP contribution is 2.48. The van der Waals surface area contributed by atoms with Crippen molar-refractivity contribution in [3.05, 3.63) is 41.7 Å². The molecule has 3 rings (SSSR count). The Morgan fingerprint density at radius 2 is 2.00 bits per heavy atom. The van der Waals surface area contributed by atoms with Crippen molar-refractivity contribution in [3.8, 4) is 0 Å². The van der Waals surface area contributed by atoms with Crippen LogP contribution in [0.25, 0.3) is 0 Å². The van der Waals surface area contributed by atoms with E-state index in [2.05, 4.69) is 51.6 Å². The Balaban J connectivity index is 1.77. The summed E-state index contributed by atoms with van der Waals surface area (Å²) in [5.74, 6) is 0.867. The number of rotatable bonds is 4. The molecule has 0 aliphatic heterocycles. The normalized spacial score (nSPS) is 16.6. The number of aromatic nitrogens is 2. The summed E-state index contributed by atoms with van der Waals surface area (Å²) in [6.07, 6.45) is 2.55. The second-order valence-electron chi connectivity index (χ2n) is 5.13. The van der Waals surface area contributed by atoms with E-state index in [1.807, 2.05) is 6.92 Å². The minimum atomic E-state index is 0.343. The average Bonchev–Trinajstić information content (AvgIpc) is 3.04. The summed E-state index contributed by atoms with van der Waals surface area (Å²) >= 11 is 1.49. The molecule has 1 heterocycles. The van der Waals surface area contributed by atoms with E-state index in [9.17, 15) is 0 Å². The standard InChI is InChI=1S/C14H17N3S/c1-11-15-13(18-16-11)17(2)10-14(8-9-14)12-6-4-3-5-7-12/h3-7H,8-10H2,1-2H3. The summed E-state index contributed by atoms with van der Waals surface area (Å²) < 4.78 is 4.25. The molecule has 0 saturated heterocycles. The Kier molecular flexibility index (Phi) is 2.82. The van der Waals surface area contributed by atoms with Gasteiger partial charge in [0.1, 0.15) is 5.82 Å². The van der Waals surface area contributed by atoms with Gasteiger partial charge in [-0.25, -0.2) is 4.98 Å². The Labute approximate surface area is 112 Å². The van der Waals surface area contributed by atoms with Crippen molar-refractivity contribution < 1.29 is 0 Å². The fourth-order valence-electron chi connectivity index (χ4n) is 2.44. The van der Waals surface area contributed by atoms with Gasteiger partial charge in [-0.05, 0) is 25.3 Å². The van der Waals surface area contributed by atoms with E-state index in [0.717, 1.165) is 17.5 Å². The first kappa shape index (κ1) is 11.7. The molecule has 0 bridgehead atoms. The summed E-state index contributed by atoms with van der Waals surface area (Å²) in [5.41, 5.74) is 1.80. The highest BCUT2D eigenvalue weighted by Gasteiger charge is 2.45. The summed E-state index contributed by atoms with van der Waals surface area (Å²) in [5, 5.41) is 1.02. The van der Waals surface area contributed by atoms with Gasteiger partial charge < -0.3 is 4.90 Å². The highest BCUT2D eigenvalue weighted by molar-refractivity contribution is 7.09. The van der Waals surface area contributed by atoms with E-state index in [1.165, 1.54) is 29.9 Å². The molecule has 0 N–H and O–H groups in total. The van der Waals surface area contributed by atoms with Gasteiger partial charge in [-0.15, -0.1) is 0 Å². The fourth-order valence-corrected chi connectivity index (χ4v) is 3.07. The van der Waals surface area contributed by atoms with Crippen molar-refractivity contribution >= 4 is 16.7 Å². The lowest BCUT2D eigenvalue weighted by molar-refractivity contribution is 0.672. The fraction of sp³-hybridized carbons (Fsp3) is 0.429. The molecular weight excluding hydrogens is 242 g/mol. The Morgan fingerprint density at radius 3 is 2.56 bits per heavy atom. The number of anilines is 1. The third-order valence-corrected chi connectivity index (χ3v) is 4.54. The van der Waals surface area contributed by atoms with Crippen LogP contribution in [0.15, 0.2) is 30.3 Å². The number of likely N-dealkylation sites (N-methyl/N-ethyl adjacent to an activating group) is 1. The van der Waals surface area contributed by atoms with Crippen LogP contribution in [0.1, 0.15) is 24.2 Å². The molecule has 0 unspecified atom stereocenters. The van der Waals surface area contributed by atoms with E-state index in [1.54, 1.807) is 0 Å². The highest BCUT2D eigenvalue weighted by atomic mass is 32.1. The smallest absolute Gasteiger partial charge is 0.204 e. The average molecular weight is 259 g/mol. The molecule has 2 aromatic rings. The van der Waals surface area contributed by atoms with E-state index in [0.29, 0.717) is 5.41 Å². The van der Waals surface area contributed by atoms with Gasteiger partial charge in [0.15, 0.2) is 0 Å². The van der Waals surface area contributed by atoms with Gasteiger partial charge >= 0.3 is 0 Å². The van der Waals surface area contributed by atoms with Gasteiger partial charge in [0.2, 0.25) is 5.13 Å². The van der Waals surface area contributed by atoms with Crippen LogP contribution in [0.2, 0.25) is 0 Å². The monoisotopic (exact) mass is 259 g/mol. The van der Waals surface area contributed by atoms with E-state index < -0.39 is 0 Å². The van der Waals surface area contributed by atoms with Crippen LogP contribution in [-0.2, 0) is 5.41 Å². The van der Waals surface area contributed by atoms with Crippen molar-refractivity contribution in [2.24, 2.45) is 0 Å². The van der Waals surface area contributed by atoms with Crippen molar-refractivity contribution in [1.29, 1.82) is 0 Å². The van der Waals surface area contributed by atoms with Gasteiger partial charge in [0.05, 0.1) is 0 Å². The van der Waals surface area contributed by atoms with Crippen molar-refractivity contribution in [1.82, 2.24) is 9.36 Å². The minimum Gasteiger partial charge on any atom is -0.349 e. The lowest BCUT2D eigenvalue weighted by atomic mass is 9.96. The summed E-state index contributed by atoms with van der Waals surface area (Å²) in [4.78, 5) is 6.69. The largest absolute Gasteiger partial charge is 0.349 e. The molecule has 1 aromatic heterocycles. The first-order chi connectivity index (χ1) is 8.70. The third kappa shape index (κ3) is 2.12. The van der Waals surface area contributed by atoms with Gasteiger partial charge in [-0.2, -0.15) is 4.37 Å². The van der Waals surface area contributed by atoms with Crippen LogP contribution in [0, 0.1) is 6.92 Å². The Morgan fingerprint density at radius 1 is 1.28 bits per heavy atom. The molecule has 1 aliphatic carbocycles. The zero-order valence-corrected chi connectivity index (χ0v) is 11.6. The number of hydrogen-bond donors (Lipinski definition) is 0. The second-order valence-corrected chi connectivity index (χ2v) is 5.86. The molecular formula is C14H17N3S. The number of nitrogens with zero attached hydrogens (tertiary/aromatic N) is 3. The molecule has 0 atom stereocenters. The summed E-state index contributed by atoms with van der Waals surface area (Å²) in [6.45, 7) is 2.98. The maximum absolute atomic E-state index is 4.45. The molecule has 1 fully saturated rings. The van der Waals surface area contributed by atoms with E-state index >= 15 is 0 Å². The molecule has 1 aromatic carbocycles. The SMILES string of the molecule is Cc1nsc(N(C)CC2(c3ccccc3)CC2)n1. The Hall–Kier alpha value is -1.42. The molecule has 1 aliphatic rings. The van der Waals surface area contributed by atoms with E-state index in [-0.39, 0.29) is 0 Å². The van der Waals surface area contributed by atoms with E-state index in [4.69, 9.17) is 0 Å². The van der Waals surface area contributed by atoms with Crippen LogP contribution in [-0.4, -0.2) is 22.9 Å². The minimum absolute atomic E-state index is 0.343. The number of hydrogen-bond acceptors (Lipinski definition) is 4. The molecule has 18 heavy (non-hydrogen) atoms. The van der Waals surface area contributed by atoms with Crippen molar-refractivity contribution in [3.63, 3.8) is 0 Å². The number of aryl methyl sites for hydroxylation is 1. The molecule has 1 saturated carbocycles. The lowest BCUT2D eigenvalue weighted by Gasteiger charge is -2.23. The van der Waals surface area contributed by atoms with Crippen molar-refractivity contribution in [2.45, 2.75) is 25.2 Å². The number of benzene rings is 1. The molecule has 94 valence electrons. The van der Waals surface area contributed by atoms with Crippen LogP contribution in [0.4, 0.5) is 5.13 Å². The molecule has 4 heteroatoms. The summed E-state index contributed by atoms with van der Waals surface area (Å²) in [6, 6.07) is 10.8. The van der Waals surface area contributed by atoms with Crippen LogP contribution >= 0.6 is 11.5 Å². The zero-order valence-electron chi connectivity index (χ0n) is 10.8. The molecule has 0 radical (unpaired) electrons. The second kappa shape index (κ2) is 4.35. The van der Waals surface area contributed by atoms with Crippen molar-refractivity contribution in [2.75, 3.05) is 18.5 Å². The van der Waals surface area contributed by atoms with Crippen LogP contribution in [0.3, 0.4) is 0 Å². The molecule has 3 nitrogen and oxygen atoms in total. The topological polar surface area (TPSA) is 29.0 Å². The van der Waals surface area contributed by atoms with Gasteiger partial charge in [-0.1, -0.05) is 30.3 Å². The van der Waals surface area contributed by atoms with Crippen LogP contribution < -0.4 is 4.90 Å². The van der Waals surface area contributed by atoms with Gasteiger partial charge in [-0.3, -0.25) is 0 Å². The van der Waals surface area contributed by atoms with Crippen LogP contribution in [0.5, 0.6) is 0 Å². The lowest BCUT2D eigenvalue weighted by Crippen LogP contribution is -2.29. The maximum atomic E-state index is 4.45. The first-order valence-corrected chi connectivity index (χ1v) is 7.04. The molecule has 0 spiro atoms. The Bertz CT molecular complexity index is 531. The predicted octanol–water partition coefficient (Wildman–Crippen LogP) is 3.01. The summed E-state index contributed by atoms with van der Waals surface area (Å²) in [7, 11) is 2.11. The molecule has 0 amide bonds. The zero-order chi connectivity index (χ0) is 12.6.